The number of rotatable bonds is 4. The van der Waals surface area contributed by atoms with Gasteiger partial charge in [0.2, 0.25) is 5.91 Å². The molecule has 0 radical (unpaired) electrons. The van der Waals surface area contributed by atoms with E-state index >= 15 is 0 Å². The van der Waals surface area contributed by atoms with Gasteiger partial charge in [0.05, 0.1) is 16.0 Å². The number of fused-ring (bicyclic) bond motifs is 2. The largest absolute Gasteiger partial charge is 0.411 e. The van der Waals surface area contributed by atoms with Gasteiger partial charge in [-0.3, -0.25) is 14.6 Å². The Kier molecular flexibility index (Phi) is 4.45. The zero-order valence-corrected chi connectivity index (χ0v) is 15.5. The van der Waals surface area contributed by atoms with E-state index in [0.717, 1.165) is 27.6 Å². The van der Waals surface area contributed by atoms with Crippen molar-refractivity contribution in [2.24, 2.45) is 5.16 Å². The summed E-state index contributed by atoms with van der Waals surface area (Å²) in [5.74, 6) is -0.280. The lowest BCUT2D eigenvalue weighted by atomic mass is 9.98. The Morgan fingerprint density at radius 1 is 1.30 bits per heavy atom. The number of ketones is 1. The Balaban J connectivity index is 1.81. The molecule has 1 aliphatic carbocycles. The van der Waals surface area contributed by atoms with Gasteiger partial charge in [-0.2, -0.15) is 0 Å². The van der Waals surface area contributed by atoms with Crippen LogP contribution in [0.25, 0.3) is 10.1 Å². The molecular formula is C20H17N3O3S. The Hall–Kier alpha value is -3.06. The summed E-state index contributed by atoms with van der Waals surface area (Å²) in [5.41, 5.74) is 3.57. The number of aromatic nitrogens is 1. The summed E-state index contributed by atoms with van der Waals surface area (Å²) in [5, 5.41) is 16.6. The molecule has 1 aliphatic rings. The van der Waals surface area contributed by atoms with Crippen LogP contribution in [0.1, 0.15) is 46.8 Å². The van der Waals surface area contributed by atoms with Crippen LogP contribution in [0.15, 0.2) is 41.8 Å². The third kappa shape index (κ3) is 3.00. The topological polar surface area (TPSA) is 91.7 Å². The van der Waals surface area contributed by atoms with Gasteiger partial charge in [-0.15, -0.1) is 11.3 Å². The smallest absolute Gasteiger partial charge is 0.224 e. The number of aryl methyl sites for hydroxylation is 1. The molecule has 0 atom stereocenters. The molecule has 7 heteroatoms. The van der Waals surface area contributed by atoms with E-state index in [2.05, 4.69) is 15.5 Å². The van der Waals surface area contributed by atoms with Crippen molar-refractivity contribution in [2.45, 2.75) is 26.2 Å². The van der Waals surface area contributed by atoms with E-state index in [9.17, 15) is 9.59 Å². The Labute approximate surface area is 159 Å². The van der Waals surface area contributed by atoms with Gasteiger partial charge < -0.3 is 10.5 Å². The van der Waals surface area contributed by atoms with Crippen LogP contribution in [0.4, 0.5) is 5.00 Å². The predicted molar refractivity (Wildman–Crippen MR) is 105 cm³/mol. The number of pyridine rings is 1. The number of oxime groups is 1. The summed E-state index contributed by atoms with van der Waals surface area (Å²) in [6.07, 6.45) is 5.08. The second-order valence-corrected chi connectivity index (χ2v) is 7.38. The standard InChI is InChI=1S/C20H17N3O3S/c1-2-17(24)22-20-18(14-7-8-21-10-16(14)27-20)19(25)12-3-5-13-11(9-12)4-6-15(13)23-26/h3,5,7-10,26H,2,4,6H2,1H3,(H,22,24). The lowest BCUT2D eigenvalue weighted by molar-refractivity contribution is -0.115. The highest BCUT2D eigenvalue weighted by Gasteiger charge is 2.24. The molecule has 2 heterocycles. The highest BCUT2D eigenvalue weighted by atomic mass is 32.1. The van der Waals surface area contributed by atoms with Gasteiger partial charge in [-0.1, -0.05) is 24.2 Å². The zero-order chi connectivity index (χ0) is 19.0. The molecule has 1 aromatic carbocycles. The van der Waals surface area contributed by atoms with Crippen LogP contribution in [0, 0.1) is 0 Å². The fourth-order valence-corrected chi connectivity index (χ4v) is 4.42. The fourth-order valence-electron chi connectivity index (χ4n) is 3.34. The van der Waals surface area contributed by atoms with Crippen LogP contribution < -0.4 is 5.32 Å². The molecule has 2 N–H and O–H groups in total. The van der Waals surface area contributed by atoms with Gasteiger partial charge >= 0.3 is 0 Å². The first-order chi connectivity index (χ1) is 13.1. The van der Waals surface area contributed by atoms with Crippen molar-refractivity contribution in [3.05, 3.63) is 58.9 Å². The highest BCUT2D eigenvalue weighted by Crippen LogP contribution is 2.37. The Morgan fingerprint density at radius 3 is 2.93 bits per heavy atom. The quantitative estimate of drug-likeness (QED) is 0.407. The molecule has 0 fully saturated rings. The van der Waals surface area contributed by atoms with E-state index in [1.165, 1.54) is 11.3 Å². The van der Waals surface area contributed by atoms with Crippen molar-refractivity contribution in [3.8, 4) is 0 Å². The summed E-state index contributed by atoms with van der Waals surface area (Å²) in [7, 11) is 0. The summed E-state index contributed by atoms with van der Waals surface area (Å²) in [6.45, 7) is 1.77. The number of anilines is 1. The number of thiophene rings is 1. The molecule has 27 heavy (non-hydrogen) atoms. The van der Waals surface area contributed by atoms with Gasteiger partial charge in [-0.25, -0.2) is 0 Å². The number of amides is 1. The molecule has 0 bridgehead atoms. The van der Waals surface area contributed by atoms with E-state index < -0.39 is 0 Å². The van der Waals surface area contributed by atoms with Gasteiger partial charge in [0.15, 0.2) is 5.78 Å². The molecule has 0 saturated carbocycles. The molecule has 0 unspecified atom stereocenters. The van der Waals surface area contributed by atoms with Crippen LogP contribution >= 0.6 is 11.3 Å². The number of benzene rings is 1. The van der Waals surface area contributed by atoms with Crippen LogP contribution in [-0.2, 0) is 11.2 Å². The van der Waals surface area contributed by atoms with E-state index in [0.29, 0.717) is 34.7 Å². The Bertz CT molecular complexity index is 1100. The van der Waals surface area contributed by atoms with Crippen LogP contribution in [0.5, 0.6) is 0 Å². The number of nitrogens with zero attached hydrogens (tertiary/aromatic N) is 2. The number of hydrogen-bond donors (Lipinski definition) is 2. The van der Waals surface area contributed by atoms with E-state index in [1.54, 1.807) is 31.5 Å². The summed E-state index contributed by atoms with van der Waals surface area (Å²) < 4.78 is 0.850. The minimum Gasteiger partial charge on any atom is -0.411 e. The highest BCUT2D eigenvalue weighted by molar-refractivity contribution is 7.23. The summed E-state index contributed by atoms with van der Waals surface area (Å²) in [4.78, 5) is 29.4. The van der Waals surface area contributed by atoms with Gasteiger partial charge in [-0.05, 0) is 30.5 Å². The zero-order valence-electron chi connectivity index (χ0n) is 14.7. The number of carbonyl (C=O) groups excluding carboxylic acids is 2. The van der Waals surface area contributed by atoms with E-state index in [-0.39, 0.29) is 11.7 Å². The molecule has 0 saturated heterocycles. The number of hydrogen-bond acceptors (Lipinski definition) is 6. The molecule has 6 nitrogen and oxygen atoms in total. The third-order valence-corrected chi connectivity index (χ3v) is 5.78. The first-order valence-electron chi connectivity index (χ1n) is 8.67. The lowest BCUT2D eigenvalue weighted by Gasteiger charge is -2.07. The van der Waals surface area contributed by atoms with Crippen molar-refractivity contribution in [3.63, 3.8) is 0 Å². The van der Waals surface area contributed by atoms with Crippen LogP contribution in [0.3, 0.4) is 0 Å². The second kappa shape index (κ2) is 6.92. The minimum absolute atomic E-state index is 0.138. The average Bonchev–Trinajstić information content (AvgIpc) is 3.27. The molecule has 136 valence electrons. The summed E-state index contributed by atoms with van der Waals surface area (Å²) >= 11 is 1.35. The van der Waals surface area contributed by atoms with Crippen molar-refractivity contribution < 1.29 is 14.8 Å². The van der Waals surface area contributed by atoms with Crippen molar-refractivity contribution in [1.82, 2.24) is 4.98 Å². The maximum atomic E-state index is 13.3. The molecule has 0 aliphatic heterocycles. The molecule has 3 aromatic rings. The fraction of sp³-hybridized carbons (Fsp3) is 0.200. The number of nitrogens with one attached hydrogen (secondary N) is 1. The van der Waals surface area contributed by atoms with Gasteiger partial charge in [0.25, 0.3) is 0 Å². The average molecular weight is 379 g/mol. The normalized spacial score (nSPS) is 14.5. The van der Waals surface area contributed by atoms with Gasteiger partial charge in [0.1, 0.15) is 5.00 Å². The minimum atomic E-state index is -0.143. The first kappa shape index (κ1) is 17.4. The maximum Gasteiger partial charge on any atom is 0.224 e. The van der Waals surface area contributed by atoms with Crippen molar-refractivity contribution >= 4 is 43.8 Å². The van der Waals surface area contributed by atoms with Crippen LogP contribution in [-0.4, -0.2) is 27.6 Å². The van der Waals surface area contributed by atoms with Crippen molar-refractivity contribution in [2.75, 3.05) is 5.32 Å². The van der Waals surface area contributed by atoms with Gasteiger partial charge in [0, 0.05) is 35.3 Å². The van der Waals surface area contributed by atoms with Crippen LogP contribution in [0.2, 0.25) is 0 Å². The van der Waals surface area contributed by atoms with E-state index in [4.69, 9.17) is 5.21 Å². The molecule has 2 aromatic heterocycles. The second-order valence-electron chi connectivity index (χ2n) is 6.33. The molecular weight excluding hydrogens is 362 g/mol. The first-order valence-corrected chi connectivity index (χ1v) is 9.49. The lowest BCUT2D eigenvalue weighted by Crippen LogP contribution is -2.12. The Morgan fingerprint density at radius 2 is 2.15 bits per heavy atom. The molecule has 4 rings (SSSR count). The predicted octanol–water partition coefficient (Wildman–Crippen LogP) is 4.00. The SMILES string of the molecule is CCC(=O)Nc1sc2cnccc2c1C(=O)c1ccc2c(c1)CCC2=NO. The monoisotopic (exact) mass is 379 g/mol. The van der Waals surface area contributed by atoms with Crippen molar-refractivity contribution in [1.29, 1.82) is 0 Å². The maximum absolute atomic E-state index is 13.3. The number of carbonyl (C=O) groups is 2. The molecule has 0 spiro atoms. The summed E-state index contributed by atoms with van der Waals surface area (Å²) in [6, 6.07) is 7.22. The molecule has 1 amide bonds. The third-order valence-electron chi connectivity index (χ3n) is 4.72. The van der Waals surface area contributed by atoms with E-state index in [1.807, 2.05) is 12.1 Å².